The molecule has 3 aromatic rings. The predicted molar refractivity (Wildman–Crippen MR) is 111 cm³/mol. The van der Waals surface area contributed by atoms with Gasteiger partial charge in [0.1, 0.15) is 0 Å². The number of carbonyl (C=O) groups is 1. The quantitative estimate of drug-likeness (QED) is 0.418. The molecule has 0 amide bonds. The first-order valence-electron chi connectivity index (χ1n) is 9.86. The Morgan fingerprint density at radius 2 is 2.10 bits per heavy atom. The molecule has 152 valence electrons. The maximum atomic E-state index is 12.9. The van der Waals surface area contributed by atoms with E-state index in [1.54, 1.807) is 4.68 Å². The lowest BCUT2D eigenvalue weighted by Crippen LogP contribution is -2.17. The number of benzene rings is 1. The lowest BCUT2D eigenvalue weighted by Gasteiger charge is -2.14. The summed E-state index contributed by atoms with van der Waals surface area (Å²) in [6.07, 6.45) is 2.45. The Bertz CT molecular complexity index is 976. The summed E-state index contributed by atoms with van der Waals surface area (Å²) in [5.74, 6) is 0.398. The van der Waals surface area contributed by atoms with Crippen molar-refractivity contribution in [2.45, 2.75) is 51.0 Å². The molecule has 4 rings (SSSR count). The van der Waals surface area contributed by atoms with Gasteiger partial charge in [-0.15, -0.1) is 5.10 Å². The molecule has 1 fully saturated rings. The van der Waals surface area contributed by atoms with Crippen LogP contribution < -0.4 is 0 Å². The van der Waals surface area contributed by atoms with Crippen LogP contribution in [0.3, 0.4) is 0 Å². The lowest BCUT2D eigenvalue weighted by molar-refractivity contribution is 0.0957. The Balaban J connectivity index is 1.41. The SMILES string of the molecule is Cc1cc(C(=O)CSc2nnnn2Cc2ccccc2)c(C)n1CC1CCCO1. The van der Waals surface area contributed by atoms with Gasteiger partial charge in [0.25, 0.3) is 0 Å². The molecule has 8 heteroatoms. The van der Waals surface area contributed by atoms with Crippen molar-refractivity contribution in [2.24, 2.45) is 0 Å². The van der Waals surface area contributed by atoms with Crippen LogP contribution >= 0.6 is 11.8 Å². The largest absolute Gasteiger partial charge is 0.376 e. The first-order valence-corrected chi connectivity index (χ1v) is 10.8. The lowest BCUT2D eigenvalue weighted by atomic mass is 10.2. The van der Waals surface area contributed by atoms with Crippen LogP contribution in [-0.2, 0) is 17.8 Å². The summed E-state index contributed by atoms with van der Waals surface area (Å²) < 4.78 is 9.69. The minimum atomic E-state index is 0.0935. The van der Waals surface area contributed by atoms with E-state index < -0.39 is 0 Å². The number of carbonyl (C=O) groups excluding carboxylic acids is 1. The fourth-order valence-corrected chi connectivity index (χ4v) is 4.48. The molecule has 0 saturated carbocycles. The minimum absolute atomic E-state index is 0.0935. The normalized spacial score (nSPS) is 16.4. The van der Waals surface area contributed by atoms with E-state index in [-0.39, 0.29) is 11.9 Å². The zero-order valence-electron chi connectivity index (χ0n) is 16.7. The van der Waals surface area contributed by atoms with Crippen molar-refractivity contribution in [3.05, 3.63) is 58.9 Å². The number of Topliss-reactive ketones (excluding diaryl/α,β-unsaturated/α-hetero) is 1. The van der Waals surface area contributed by atoms with Gasteiger partial charge in [-0.2, -0.15) is 0 Å². The molecule has 1 saturated heterocycles. The van der Waals surface area contributed by atoms with Gasteiger partial charge < -0.3 is 9.30 Å². The van der Waals surface area contributed by atoms with Gasteiger partial charge in [0.2, 0.25) is 5.16 Å². The van der Waals surface area contributed by atoms with Gasteiger partial charge in [0.05, 0.1) is 18.4 Å². The molecule has 29 heavy (non-hydrogen) atoms. The van der Waals surface area contributed by atoms with E-state index in [1.807, 2.05) is 50.2 Å². The van der Waals surface area contributed by atoms with Crippen molar-refractivity contribution in [1.29, 1.82) is 0 Å². The summed E-state index contributed by atoms with van der Waals surface area (Å²) in [7, 11) is 0. The number of tetrazole rings is 1. The fraction of sp³-hybridized carbons (Fsp3) is 0.429. The molecule has 1 unspecified atom stereocenters. The van der Waals surface area contributed by atoms with Crippen LogP contribution in [0.2, 0.25) is 0 Å². The van der Waals surface area contributed by atoms with Crippen LogP contribution in [0.4, 0.5) is 0 Å². The molecule has 0 N–H and O–H groups in total. The second-order valence-electron chi connectivity index (χ2n) is 7.35. The topological polar surface area (TPSA) is 74.8 Å². The van der Waals surface area contributed by atoms with Gasteiger partial charge in [-0.25, -0.2) is 4.68 Å². The summed E-state index contributed by atoms with van der Waals surface area (Å²) in [6.45, 7) is 6.30. The van der Waals surface area contributed by atoms with Gasteiger partial charge in [0.15, 0.2) is 5.78 Å². The van der Waals surface area contributed by atoms with E-state index in [4.69, 9.17) is 4.74 Å². The average Bonchev–Trinajstić information content (AvgIpc) is 3.45. The number of aromatic nitrogens is 5. The zero-order chi connectivity index (χ0) is 20.2. The highest BCUT2D eigenvalue weighted by Crippen LogP contribution is 2.23. The first-order chi connectivity index (χ1) is 14.1. The van der Waals surface area contributed by atoms with Crippen LogP contribution in [0, 0.1) is 13.8 Å². The predicted octanol–water partition coefficient (Wildman–Crippen LogP) is 3.29. The van der Waals surface area contributed by atoms with Gasteiger partial charge >= 0.3 is 0 Å². The van der Waals surface area contributed by atoms with Gasteiger partial charge in [-0.1, -0.05) is 42.1 Å². The molecule has 0 spiro atoms. The van der Waals surface area contributed by atoms with Crippen molar-refractivity contribution in [2.75, 3.05) is 12.4 Å². The molecule has 7 nitrogen and oxygen atoms in total. The number of nitrogens with zero attached hydrogens (tertiary/aromatic N) is 5. The summed E-state index contributed by atoms with van der Waals surface area (Å²) >= 11 is 1.38. The van der Waals surface area contributed by atoms with Crippen LogP contribution in [0.25, 0.3) is 0 Å². The van der Waals surface area contributed by atoms with Gasteiger partial charge in [-0.05, 0) is 48.7 Å². The van der Waals surface area contributed by atoms with E-state index >= 15 is 0 Å². The highest BCUT2D eigenvalue weighted by atomic mass is 32.2. The summed E-state index contributed by atoms with van der Waals surface area (Å²) in [6, 6.07) is 12.0. The average molecular weight is 412 g/mol. The molecule has 1 aliphatic heterocycles. The second kappa shape index (κ2) is 8.92. The monoisotopic (exact) mass is 411 g/mol. The van der Waals surface area contributed by atoms with Crippen LogP contribution in [-0.4, -0.2) is 49.0 Å². The van der Waals surface area contributed by atoms with Crippen molar-refractivity contribution in [3.8, 4) is 0 Å². The summed E-state index contributed by atoms with van der Waals surface area (Å²) in [5.41, 5.74) is 3.99. The maximum absolute atomic E-state index is 12.9. The van der Waals surface area contributed by atoms with Crippen LogP contribution in [0.1, 0.15) is 40.2 Å². The zero-order valence-corrected chi connectivity index (χ0v) is 17.6. The van der Waals surface area contributed by atoms with Crippen molar-refractivity contribution in [1.82, 2.24) is 24.8 Å². The van der Waals surface area contributed by atoms with Crippen LogP contribution in [0.5, 0.6) is 0 Å². The number of aryl methyl sites for hydroxylation is 1. The Morgan fingerprint density at radius 3 is 2.86 bits per heavy atom. The van der Waals surface area contributed by atoms with Crippen molar-refractivity contribution >= 4 is 17.5 Å². The highest BCUT2D eigenvalue weighted by Gasteiger charge is 2.21. The molecule has 1 atom stereocenters. The molecule has 0 aliphatic carbocycles. The van der Waals surface area contributed by atoms with Gasteiger partial charge in [0, 0.05) is 30.1 Å². The fourth-order valence-electron chi connectivity index (χ4n) is 3.72. The molecule has 1 aromatic carbocycles. The van der Waals surface area contributed by atoms with Crippen LogP contribution in [0.15, 0.2) is 41.6 Å². The Hall–Kier alpha value is -2.45. The van der Waals surface area contributed by atoms with Gasteiger partial charge in [-0.3, -0.25) is 4.79 Å². The number of rotatable bonds is 8. The number of ether oxygens (including phenoxy) is 1. The number of hydrogen-bond acceptors (Lipinski definition) is 6. The van der Waals surface area contributed by atoms with E-state index in [0.717, 1.165) is 48.5 Å². The van der Waals surface area contributed by atoms with E-state index in [0.29, 0.717) is 17.5 Å². The first kappa shape index (κ1) is 19.8. The Morgan fingerprint density at radius 1 is 1.28 bits per heavy atom. The third-order valence-corrected chi connectivity index (χ3v) is 6.25. The Kier molecular flexibility index (Phi) is 6.10. The maximum Gasteiger partial charge on any atom is 0.210 e. The number of ketones is 1. The molecular weight excluding hydrogens is 386 g/mol. The molecule has 3 heterocycles. The van der Waals surface area contributed by atoms with Crippen molar-refractivity contribution in [3.63, 3.8) is 0 Å². The number of hydrogen-bond donors (Lipinski definition) is 0. The Labute approximate surface area is 174 Å². The minimum Gasteiger partial charge on any atom is -0.376 e. The molecule has 2 aromatic heterocycles. The third kappa shape index (κ3) is 4.59. The molecule has 1 aliphatic rings. The molecule has 0 bridgehead atoms. The van der Waals surface area contributed by atoms with E-state index in [9.17, 15) is 4.79 Å². The highest BCUT2D eigenvalue weighted by molar-refractivity contribution is 7.99. The smallest absolute Gasteiger partial charge is 0.210 e. The summed E-state index contributed by atoms with van der Waals surface area (Å²) in [4.78, 5) is 12.9. The summed E-state index contributed by atoms with van der Waals surface area (Å²) in [5, 5.41) is 12.6. The van der Waals surface area contributed by atoms with E-state index in [2.05, 4.69) is 20.1 Å². The molecule has 0 radical (unpaired) electrons. The van der Waals surface area contributed by atoms with Crippen molar-refractivity contribution < 1.29 is 9.53 Å². The third-order valence-electron chi connectivity index (χ3n) is 5.29. The van der Waals surface area contributed by atoms with E-state index in [1.165, 1.54) is 11.8 Å². The standard InChI is InChI=1S/C21H25N5O2S/c1-15-11-19(16(2)25(15)13-18-9-6-10-28-18)20(27)14-29-21-22-23-24-26(21)12-17-7-4-3-5-8-17/h3-5,7-8,11,18H,6,9-10,12-14H2,1-2H3. The molecular formula is C21H25N5O2S. The number of thioether (sulfide) groups is 1. The second-order valence-corrected chi connectivity index (χ2v) is 8.29.